The minimum atomic E-state index is -4.03. The Morgan fingerprint density at radius 2 is 2.10 bits per heavy atom. The summed E-state index contributed by atoms with van der Waals surface area (Å²) in [5.41, 5.74) is 5.60. The van der Waals surface area contributed by atoms with Gasteiger partial charge in [0.05, 0.1) is 13.0 Å². The number of halogens is 1. The molecule has 1 rings (SSSR count). The summed E-state index contributed by atoms with van der Waals surface area (Å²) in [5, 5.41) is 0. The van der Waals surface area contributed by atoms with Gasteiger partial charge in [0.15, 0.2) is 0 Å². The number of carbonyl (C=O) groups is 1. The number of hydrogen-bond acceptors (Lipinski definition) is 5. The minimum absolute atomic E-state index is 0.102. The van der Waals surface area contributed by atoms with E-state index in [2.05, 4.69) is 0 Å². The number of esters is 1. The van der Waals surface area contributed by atoms with Gasteiger partial charge >= 0.3 is 5.97 Å². The van der Waals surface area contributed by atoms with E-state index in [0.717, 1.165) is 16.4 Å². The Labute approximate surface area is 117 Å². The average Bonchev–Trinajstić information content (AvgIpc) is 2.38. The van der Waals surface area contributed by atoms with Crippen molar-refractivity contribution in [2.24, 2.45) is 0 Å². The number of nitrogens with two attached hydrogens (primary N) is 1. The van der Waals surface area contributed by atoms with Crippen molar-refractivity contribution in [3.63, 3.8) is 0 Å². The number of sulfonamides is 1. The molecule has 0 aliphatic carbocycles. The summed E-state index contributed by atoms with van der Waals surface area (Å²) in [5.74, 6) is -1.40. The van der Waals surface area contributed by atoms with E-state index in [9.17, 15) is 17.6 Å². The van der Waals surface area contributed by atoms with Crippen LogP contribution in [0.15, 0.2) is 23.1 Å². The van der Waals surface area contributed by atoms with Crippen LogP contribution in [0, 0.1) is 5.82 Å². The maximum Gasteiger partial charge on any atom is 0.307 e. The molecule has 0 atom stereocenters. The number of rotatable bonds is 6. The summed E-state index contributed by atoms with van der Waals surface area (Å²) in [6, 6.07) is 3.31. The molecule has 0 radical (unpaired) electrons. The third kappa shape index (κ3) is 3.91. The number of benzene rings is 1. The molecule has 0 aromatic heterocycles. The zero-order valence-electron chi connectivity index (χ0n) is 11.3. The van der Waals surface area contributed by atoms with Gasteiger partial charge in [-0.15, -0.1) is 0 Å². The Balaban J connectivity index is 2.87. The molecule has 1 aromatic rings. The molecule has 2 N–H and O–H groups in total. The molecule has 0 spiro atoms. The van der Waals surface area contributed by atoms with Crippen LogP contribution >= 0.6 is 0 Å². The molecule has 0 fully saturated rings. The van der Waals surface area contributed by atoms with Gasteiger partial charge in [-0.1, -0.05) is 0 Å². The maximum atomic E-state index is 13.6. The van der Waals surface area contributed by atoms with Crippen LogP contribution in [0.25, 0.3) is 0 Å². The van der Waals surface area contributed by atoms with Crippen LogP contribution in [-0.4, -0.2) is 38.9 Å². The van der Waals surface area contributed by atoms with Crippen molar-refractivity contribution in [3.05, 3.63) is 24.0 Å². The third-order valence-corrected chi connectivity index (χ3v) is 4.45. The van der Waals surface area contributed by atoms with Gasteiger partial charge in [-0.3, -0.25) is 4.79 Å². The lowest BCUT2D eigenvalue weighted by molar-refractivity contribution is -0.143. The summed E-state index contributed by atoms with van der Waals surface area (Å²) < 4.78 is 43.5. The van der Waals surface area contributed by atoms with Gasteiger partial charge in [0.2, 0.25) is 10.0 Å². The summed E-state index contributed by atoms with van der Waals surface area (Å²) in [7, 11) is -2.77. The second kappa shape index (κ2) is 6.67. The van der Waals surface area contributed by atoms with Crippen LogP contribution in [-0.2, 0) is 19.6 Å². The molecule has 1 aromatic carbocycles. The normalized spacial score (nSPS) is 11.6. The van der Waals surface area contributed by atoms with Gasteiger partial charge in [-0.25, -0.2) is 17.1 Å². The monoisotopic (exact) mass is 304 g/mol. The highest BCUT2D eigenvalue weighted by Gasteiger charge is 2.25. The highest BCUT2D eigenvalue weighted by atomic mass is 32.2. The van der Waals surface area contributed by atoms with Gasteiger partial charge in [-0.05, 0) is 25.1 Å². The third-order valence-electron chi connectivity index (χ3n) is 2.58. The standard InChI is InChI=1S/C12H17FN2O4S/c1-3-19-12(16)6-7-15(2)20(17,18)11-8-9(14)4-5-10(11)13/h4-5,8H,3,6-7,14H2,1-2H3. The molecule has 0 heterocycles. The number of nitrogen functional groups attached to an aromatic ring is 1. The van der Waals surface area contributed by atoms with Crippen LogP contribution in [0.2, 0.25) is 0 Å². The fourth-order valence-electron chi connectivity index (χ4n) is 1.49. The summed E-state index contributed by atoms with van der Waals surface area (Å²) >= 11 is 0. The fourth-order valence-corrected chi connectivity index (χ4v) is 2.75. The maximum absolute atomic E-state index is 13.6. The molecule has 20 heavy (non-hydrogen) atoms. The molecule has 0 aliphatic heterocycles. The molecule has 0 unspecified atom stereocenters. The van der Waals surface area contributed by atoms with E-state index in [0.29, 0.717) is 0 Å². The predicted molar refractivity (Wildman–Crippen MR) is 71.9 cm³/mol. The van der Waals surface area contributed by atoms with Crippen LogP contribution < -0.4 is 5.73 Å². The SMILES string of the molecule is CCOC(=O)CCN(C)S(=O)(=O)c1cc(N)ccc1F. The second-order valence-corrected chi connectivity index (χ2v) is 6.08. The van der Waals surface area contributed by atoms with Crippen LogP contribution in [0.1, 0.15) is 13.3 Å². The number of carbonyl (C=O) groups excluding carboxylic acids is 1. The first-order valence-corrected chi connectivity index (χ1v) is 7.40. The highest BCUT2D eigenvalue weighted by molar-refractivity contribution is 7.89. The average molecular weight is 304 g/mol. The van der Waals surface area contributed by atoms with E-state index in [1.54, 1.807) is 6.92 Å². The zero-order chi connectivity index (χ0) is 15.3. The van der Waals surface area contributed by atoms with Gasteiger partial charge in [0.25, 0.3) is 0 Å². The van der Waals surface area contributed by atoms with E-state index in [1.165, 1.54) is 13.1 Å². The lowest BCUT2D eigenvalue weighted by Gasteiger charge is -2.17. The van der Waals surface area contributed by atoms with Crippen molar-refractivity contribution in [1.82, 2.24) is 4.31 Å². The minimum Gasteiger partial charge on any atom is -0.466 e. The molecule has 6 nitrogen and oxygen atoms in total. The van der Waals surface area contributed by atoms with Crippen LogP contribution in [0.5, 0.6) is 0 Å². The van der Waals surface area contributed by atoms with Crippen molar-refractivity contribution in [3.8, 4) is 0 Å². The second-order valence-electron chi connectivity index (χ2n) is 4.07. The Kier molecular flexibility index (Phi) is 5.46. The molecule has 0 saturated heterocycles. The topological polar surface area (TPSA) is 89.7 Å². The van der Waals surface area contributed by atoms with Gasteiger partial charge in [-0.2, -0.15) is 0 Å². The van der Waals surface area contributed by atoms with Crippen molar-refractivity contribution in [2.75, 3.05) is 25.9 Å². The van der Waals surface area contributed by atoms with Crippen LogP contribution in [0.4, 0.5) is 10.1 Å². The molecule has 8 heteroatoms. The van der Waals surface area contributed by atoms with E-state index < -0.39 is 26.7 Å². The summed E-state index contributed by atoms with van der Waals surface area (Å²) in [4.78, 5) is 10.7. The summed E-state index contributed by atoms with van der Waals surface area (Å²) in [6.45, 7) is 1.77. The van der Waals surface area contributed by atoms with Gasteiger partial charge in [0.1, 0.15) is 10.7 Å². The fraction of sp³-hybridized carbons (Fsp3) is 0.417. The quantitative estimate of drug-likeness (QED) is 0.625. The molecule has 0 aliphatic rings. The molecular formula is C12H17FN2O4S. The molecular weight excluding hydrogens is 287 g/mol. The summed E-state index contributed by atoms with van der Waals surface area (Å²) in [6.07, 6.45) is -0.104. The lowest BCUT2D eigenvalue weighted by Crippen LogP contribution is -2.30. The molecule has 0 saturated carbocycles. The lowest BCUT2D eigenvalue weighted by atomic mass is 10.3. The van der Waals surface area contributed by atoms with E-state index in [1.807, 2.05) is 0 Å². The zero-order valence-corrected chi connectivity index (χ0v) is 12.1. The molecule has 112 valence electrons. The first-order chi connectivity index (χ1) is 9.28. The van der Waals surface area contributed by atoms with Gasteiger partial charge < -0.3 is 10.5 Å². The van der Waals surface area contributed by atoms with E-state index in [-0.39, 0.29) is 25.3 Å². The van der Waals surface area contributed by atoms with Crippen molar-refractivity contribution >= 4 is 21.7 Å². The Hall–Kier alpha value is -1.67. The molecule has 0 bridgehead atoms. The van der Waals surface area contributed by atoms with Crippen molar-refractivity contribution in [1.29, 1.82) is 0 Å². The van der Waals surface area contributed by atoms with E-state index >= 15 is 0 Å². The Bertz CT molecular complexity index is 589. The predicted octanol–water partition coefficient (Wildman–Crippen LogP) is 0.982. The van der Waals surface area contributed by atoms with Gasteiger partial charge in [0, 0.05) is 19.3 Å². The molecule has 0 amide bonds. The number of ether oxygens (including phenoxy) is 1. The van der Waals surface area contributed by atoms with Crippen molar-refractivity contribution in [2.45, 2.75) is 18.2 Å². The number of anilines is 1. The number of hydrogen-bond donors (Lipinski definition) is 1. The Morgan fingerprint density at radius 1 is 1.45 bits per heavy atom. The Morgan fingerprint density at radius 3 is 2.70 bits per heavy atom. The first kappa shape index (κ1) is 16.4. The smallest absolute Gasteiger partial charge is 0.307 e. The van der Waals surface area contributed by atoms with Crippen molar-refractivity contribution < 1.29 is 22.3 Å². The number of nitrogens with zero attached hydrogens (tertiary/aromatic N) is 1. The first-order valence-electron chi connectivity index (χ1n) is 5.96. The van der Waals surface area contributed by atoms with Crippen LogP contribution in [0.3, 0.4) is 0 Å². The van der Waals surface area contributed by atoms with E-state index in [4.69, 9.17) is 10.5 Å². The largest absolute Gasteiger partial charge is 0.466 e. The highest BCUT2D eigenvalue weighted by Crippen LogP contribution is 2.21.